The van der Waals surface area contributed by atoms with Crippen LogP contribution in [0.5, 0.6) is 0 Å². The van der Waals surface area contributed by atoms with Crippen LogP contribution in [0.2, 0.25) is 0 Å². The summed E-state index contributed by atoms with van der Waals surface area (Å²) in [6.07, 6.45) is -4.52. The summed E-state index contributed by atoms with van der Waals surface area (Å²) in [6, 6.07) is 2.68. The quantitative estimate of drug-likeness (QED) is 0.733. The lowest BCUT2D eigenvalue weighted by Gasteiger charge is -2.40. The molecule has 1 heterocycles. The molecule has 0 aliphatic carbocycles. The molecule has 2 rings (SSSR count). The summed E-state index contributed by atoms with van der Waals surface area (Å²) in [5.74, 6) is -1.33. The molecule has 1 aliphatic rings. The number of likely N-dealkylation sites (N-methyl/N-ethyl adjacent to an activating group) is 1. The number of carbonyl (C=O) groups excluding carboxylic acids is 2. The smallest absolute Gasteiger partial charge is 0.416 e. The van der Waals surface area contributed by atoms with E-state index in [0.29, 0.717) is 6.42 Å². The predicted molar refractivity (Wildman–Crippen MR) is 92.2 cm³/mol. The highest BCUT2D eigenvalue weighted by molar-refractivity contribution is 5.94. The van der Waals surface area contributed by atoms with Crippen molar-refractivity contribution in [2.45, 2.75) is 44.8 Å². The lowest BCUT2D eigenvalue weighted by Crippen LogP contribution is -2.47. The van der Waals surface area contributed by atoms with E-state index < -0.39 is 29.7 Å². The first-order chi connectivity index (χ1) is 12.6. The van der Waals surface area contributed by atoms with E-state index in [-0.39, 0.29) is 30.3 Å². The summed E-state index contributed by atoms with van der Waals surface area (Å²) < 4.78 is 44.7. The van der Waals surface area contributed by atoms with Gasteiger partial charge in [0.05, 0.1) is 30.9 Å². The molecule has 2 amide bonds. The average Bonchev–Trinajstić information content (AvgIpc) is 2.64. The van der Waals surface area contributed by atoms with E-state index >= 15 is 0 Å². The summed E-state index contributed by atoms with van der Waals surface area (Å²) in [4.78, 5) is 31.4. The number of alkyl halides is 3. The van der Waals surface area contributed by atoms with Gasteiger partial charge in [-0.15, -0.1) is 0 Å². The molecule has 1 aromatic rings. The third-order valence-corrected chi connectivity index (χ3v) is 4.68. The van der Waals surface area contributed by atoms with Gasteiger partial charge in [-0.05, 0) is 43.5 Å². The molecule has 0 saturated carbocycles. The number of hydroxylamine groups is 2. The summed E-state index contributed by atoms with van der Waals surface area (Å²) >= 11 is 0. The summed E-state index contributed by atoms with van der Waals surface area (Å²) in [5.41, 5.74) is -0.489. The zero-order chi connectivity index (χ0) is 20.4. The maximum Gasteiger partial charge on any atom is 0.416 e. The summed E-state index contributed by atoms with van der Waals surface area (Å²) in [6.45, 7) is 3.63. The van der Waals surface area contributed by atoms with Gasteiger partial charge in [0, 0.05) is 13.1 Å². The van der Waals surface area contributed by atoms with E-state index in [1.54, 1.807) is 6.92 Å². The third kappa shape index (κ3) is 4.18. The number of carbonyl (C=O) groups is 2. The standard InChI is InChI=1S/C18H23F3N2O4/c1-5-12-10-14(16(24)22(3)26-4)13-9-11(18(19,20)21)7-8-15(13)23(12)17(25)27-6-2/h7-9,12,14H,5-6,10H2,1-4H3. The lowest BCUT2D eigenvalue weighted by molar-refractivity contribution is -0.170. The first-order valence-electron chi connectivity index (χ1n) is 8.64. The number of anilines is 1. The zero-order valence-electron chi connectivity index (χ0n) is 15.7. The van der Waals surface area contributed by atoms with Crippen LogP contribution in [0.3, 0.4) is 0 Å². The molecule has 0 N–H and O–H groups in total. The van der Waals surface area contributed by atoms with Gasteiger partial charge in [-0.3, -0.25) is 14.5 Å². The number of benzene rings is 1. The van der Waals surface area contributed by atoms with Crippen LogP contribution in [0.4, 0.5) is 23.7 Å². The van der Waals surface area contributed by atoms with Gasteiger partial charge in [-0.2, -0.15) is 13.2 Å². The number of amides is 2. The van der Waals surface area contributed by atoms with Crippen LogP contribution < -0.4 is 4.90 Å². The van der Waals surface area contributed by atoms with Gasteiger partial charge < -0.3 is 4.74 Å². The Morgan fingerprint density at radius 2 is 1.96 bits per heavy atom. The highest BCUT2D eigenvalue weighted by Gasteiger charge is 2.42. The predicted octanol–water partition coefficient (Wildman–Crippen LogP) is 3.95. The SMILES string of the molecule is CCOC(=O)N1c2ccc(C(F)(F)F)cc2C(C(=O)N(C)OC)CC1CC. The first-order valence-corrected chi connectivity index (χ1v) is 8.64. The molecular formula is C18H23F3N2O4. The van der Waals surface area contributed by atoms with Gasteiger partial charge in [0.2, 0.25) is 0 Å². The molecule has 0 spiro atoms. The molecule has 0 saturated heterocycles. The first kappa shape index (κ1) is 21.0. The second-order valence-electron chi connectivity index (χ2n) is 6.21. The highest BCUT2D eigenvalue weighted by atomic mass is 19.4. The Hall–Kier alpha value is -2.29. The molecule has 1 aromatic carbocycles. The normalized spacial score (nSPS) is 19.4. The topological polar surface area (TPSA) is 59.1 Å². The van der Waals surface area contributed by atoms with Crippen molar-refractivity contribution in [1.82, 2.24) is 5.06 Å². The van der Waals surface area contributed by atoms with Crippen molar-refractivity contribution in [3.05, 3.63) is 29.3 Å². The van der Waals surface area contributed by atoms with Crippen LogP contribution in [-0.4, -0.2) is 43.9 Å². The average molecular weight is 388 g/mol. The van der Waals surface area contributed by atoms with Gasteiger partial charge >= 0.3 is 12.3 Å². The number of hydrogen-bond acceptors (Lipinski definition) is 4. The van der Waals surface area contributed by atoms with Crippen molar-refractivity contribution in [3.8, 4) is 0 Å². The monoisotopic (exact) mass is 388 g/mol. The van der Waals surface area contributed by atoms with Gasteiger partial charge in [-0.1, -0.05) is 6.92 Å². The Kier molecular flexibility index (Phi) is 6.35. The second-order valence-corrected chi connectivity index (χ2v) is 6.21. The Morgan fingerprint density at radius 3 is 2.48 bits per heavy atom. The Morgan fingerprint density at radius 1 is 1.30 bits per heavy atom. The molecule has 0 bridgehead atoms. The van der Waals surface area contributed by atoms with Crippen molar-refractivity contribution < 1.29 is 32.3 Å². The van der Waals surface area contributed by atoms with Crippen LogP contribution in [0.25, 0.3) is 0 Å². The van der Waals surface area contributed by atoms with Gasteiger partial charge in [0.1, 0.15) is 0 Å². The molecular weight excluding hydrogens is 365 g/mol. The van der Waals surface area contributed by atoms with Crippen molar-refractivity contribution in [3.63, 3.8) is 0 Å². The minimum Gasteiger partial charge on any atom is -0.449 e. The number of fused-ring (bicyclic) bond motifs is 1. The molecule has 6 nitrogen and oxygen atoms in total. The molecule has 150 valence electrons. The fourth-order valence-corrected chi connectivity index (χ4v) is 3.26. The molecule has 2 unspecified atom stereocenters. The maximum absolute atomic E-state index is 13.2. The Balaban J connectivity index is 2.62. The van der Waals surface area contributed by atoms with Gasteiger partial charge in [0.25, 0.3) is 5.91 Å². The van der Waals surface area contributed by atoms with Crippen molar-refractivity contribution in [2.75, 3.05) is 25.7 Å². The fourth-order valence-electron chi connectivity index (χ4n) is 3.26. The number of ether oxygens (including phenoxy) is 1. The van der Waals surface area contributed by atoms with Gasteiger partial charge in [-0.25, -0.2) is 9.86 Å². The van der Waals surface area contributed by atoms with Crippen LogP contribution in [0, 0.1) is 0 Å². The van der Waals surface area contributed by atoms with Gasteiger partial charge in [0.15, 0.2) is 0 Å². The van der Waals surface area contributed by atoms with Crippen LogP contribution in [-0.2, 0) is 20.5 Å². The van der Waals surface area contributed by atoms with E-state index in [0.717, 1.165) is 17.2 Å². The van der Waals surface area contributed by atoms with Crippen molar-refractivity contribution >= 4 is 17.7 Å². The summed E-state index contributed by atoms with van der Waals surface area (Å²) in [7, 11) is 2.70. The number of halogens is 3. The number of hydrogen-bond donors (Lipinski definition) is 0. The zero-order valence-corrected chi connectivity index (χ0v) is 15.7. The molecule has 1 aliphatic heterocycles. The van der Waals surface area contributed by atoms with Crippen LogP contribution >= 0.6 is 0 Å². The van der Waals surface area contributed by atoms with Crippen LogP contribution in [0.15, 0.2) is 18.2 Å². The Labute approximate surface area is 155 Å². The second kappa shape index (κ2) is 8.16. The lowest BCUT2D eigenvalue weighted by atomic mass is 9.83. The molecule has 0 radical (unpaired) electrons. The Bertz CT molecular complexity index is 708. The van der Waals surface area contributed by atoms with Crippen molar-refractivity contribution in [2.24, 2.45) is 0 Å². The molecule has 9 heteroatoms. The largest absolute Gasteiger partial charge is 0.449 e. The minimum atomic E-state index is -4.56. The van der Waals surface area contributed by atoms with E-state index in [1.165, 1.54) is 25.1 Å². The van der Waals surface area contributed by atoms with Crippen LogP contribution in [0.1, 0.15) is 43.7 Å². The maximum atomic E-state index is 13.2. The fraction of sp³-hybridized carbons (Fsp3) is 0.556. The molecule has 2 atom stereocenters. The third-order valence-electron chi connectivity index (χ3n) is 4.68. The van der Waals surface area contributed by atoms with Crippen molar-refractivity contribution in [1.29, 1.82) is 0 Å². The van der Waals surface area contributed by atoms with E-state index in [2.05, 4.69) is 0 Å². The minimum absolute atomic E-state index is 0.135. The van der Waals surface area contributed by atoms with E-state index in [4.69, 9.17) is 9.57 Å². The number of nitrogens with zero attached hydrogens (tertiary/aromatic N) is 2. The summed E-state index contributed by atoms with van der Waals surface area (Å²) in [5, 5.41) is 0.988. The molecule has 27 heavy (non-hydrogen) atoms. The van der Waals surface area contributed by atoms with E-state index in [1.807, 2.05) is 6.92 Å². The molecule has 0 fully saturated rings. The van der Waals surface area contributed by atoms with E-state index in [9.17, 15) is 22.8 Å². The highest BCUT2D eigenvalue weighted by Crippen LogP contribution is 2.43. The molecule has 0 aromatic heterocycles. The number of rotatable bonds is 4.